The lowest BCUT2D eigenvalue weighted by Gasteiger charge is -2.17. The van der Waals surface area contributed by atoms with Gasteiger partial charge in [0, 0.05) is 35.5 Å². The number of hydrogen-bond acceptors (Lipinski definition) is 2. The van der Waals surface area contributed by atoms with Gasteiger partial charge in [-0.05, 0) is 30.8 Å². The Hall–Kier alpha value is -2.09. The summed E-state index contributed by atoms with van der Waals surface area (Å²) >= 11 is 3.58. The Morgan fingerprint density at radius 2 is 1.82 bits per heavy atom. The first kappa shape index (κ1) is 14.8. The number of pyridine rings is 1. The molecule has 0 aliphatic heterocycles. The van der Waals surface area contributed by atoms with Crippen LogP contribution in [-0.4, -0.2) is 16.3 Å². The fourth-order valence-electron chi connectivity index (χ4n) is 2.69. The van der Waals surface area contributed by atoms with E-state index in [0.717, 1.165) is 34.2 Å². The van der Waals surface area contributed by atoms with E-state index in [1.807, 2.05) is 47.1 Å². The van der Waals surface area contributed by atoms with Crippen LogP contribution >= 0.6 is 15.9 Å². The Labute approximate surface area is 138 Å². The van der Waals surface area contributed by atoms with Crippen LogP contribution in [-0.2, 0) is 13.1 Å². The van der Waals surface area contributed by atoms with Gasteiger partial charge in [0.05, 0.1) is 11.1 Å². The van der Waals surface area contributed by atoms with E-state index < -0.39 is 0 Å². The molecule has 0 fully saturated rings. The molecule has 0 atom stereocenters. The Balaban J connectivity index is 1.84. The predicted molar refractivity (Wildman–Crippen MR) is 91.4 cm³/mol. The zero-order valence-corrected chi connectivity index (χ0v) is 13.9. The minimum atomic E-state index is 0.742. The van der Waals surface area contributed by atoms with Crippen molar-refractivity contribution in [3.63, 3.8) is 0 Å². The summed E-state index contributed by atoms with van der Waals surface area (Å²) in [5, 5.41) is 9.46. The van der Waals surface area contributed by atoms with Crippen LogP contribution in [0.1, 0.15) is 16.7 Å². The first-order valence-corrected chi connectivity index (χ1v) is 7.89. The first-order valence-electron chi connectivity index (χ1n) is 7.09. The number of benzene rings is 1. The van der Waals surface area contributed by atoms with Gasteiger partial charge in [0.25, 0.3) is 0 Å². The highest BCUT2D eigenvalue weighted by atomic mass is 79.9. The van der Waals surface area contributed by atoms with Crippen LogP contribution in [0.15, 0.2) is 59.3 Å². The van der Waals surface area contributed by atoms with Crippen molar-refractivity contribution in [3.05, 3.63) is 76.0 Å². The van der Waals surface area contributed by atoms with E-state index in [9.17, 15) is 5.26 Å². The third kappa shape index (κ3) is 2.92. The SMILES string of the molecule is CN(Cc1ccccc1Br)Cc1cn2ccccc2c1C#N. The van der Waals surface area contributed by atoms with E-state index in [4.69, 9.17) is 0 Å². The van der Waals surface area contributed by atoms with Crippen LogP contribution in [0.5, 0.6) is 0 Å². The molecule has 22 heavy (non-hydrogen) atoms. The molecule has 0 saturated heterocycles. The van der Waals surface area contributed by atoms with Gasteiger partial charge in [-0.1, -0.05) is 40.2 Å². The van der Waals surface area contributed by atoms with Crippen LogP contribution < -0.4 is 0 Å². The van der Waals surface area contributed by atoms with Crippen molar-refractivity contribution in [2.45, 2.75) is 13.1 Å². The summed E-state index contributed by atoms with van der Waals surface area (Å²) in [4.78, 5) is 2.22. The summed E-state index contributed by atoms with van der Waals surface area (Å²) in [6.07, 6.45) is 4.03. The maximum atomic E-state index is 9.46. The van der Waals surface area contributed by atoms with Gasteiger partial charge in [-0.15, -0.1) is 0 Å². The molecule has 0 radical (unpaired) electrons. The van der Waals surface area contributed by atoms with Crippen LogP contribution in [0.3, 0.4) is 0 Å². The van der Waals surface area contributed by atoms with Gasteiger partial charge in [0.15, 0.2) is 0 Å². The molecule has 2 heterocycles. The molecule has 3 rings (SSSR count). The van der Waals surface area contributed by atoms with Crippen molar-refractivity contribution in [3.8, 4) is 6.07 Å². The van der Waals surface area contributed by atoms with Crippen molar-refractivity contribution < 1.29 is 0 Å². The van der Waals surface area contributed by atoms with Gasteiger partial charge in [-0.2, -0.15) is 5.26 Å². The fraction of sp³-hybridized carbons (Fsp3) is 0.167. The van der Waals surface area contributed by atoms with Crippen molar-refractivity contribution >= 4 is 21.4 Å². The summed E-state index contributed by atoms with van der Waals surface area (Å²) < 4.78 is 3.13. The lowest BCUT2D eigenvalue weighted by molar-refractivity contribution is 0.318. The fourth-order valence-corrected chi connectivity index (χ4v) is 3.10. The number of hydrogen-bond donors (Lipinski definition) is 0. The largest absolute Gasteiger partial charge is 0.322 e. The molecule has 1 aromatic carbocycles. The quantitative estimate of drug-likeness (QED) is 0.703. The number of aromatic nitrogens is 1. The third-order valence-electron chi connectivity index (χ3n) is 3.71. The second-order valence-corrected chi connectivity index (χ2v) is 6.25. The number of fused-ring (bicyclic) bond motifs is 1. The Kier molecular flexibility index (Phi) is 4.28. The van der Waals surface area contributed by atoms with Crippen LogP contribution in [0.25, 0.3) is 5.52 Å². The van der Waals surface area contributed by atoms with Crippen molar-refractivity contribution in [2.24, 2.45) is 0 Å². The Morgan fingerprint density at radius 3 is 2.59 bits per heavy atom. The molecule has 0 spiro atoms. The Bertz CT molecular complexity index is 845. The molecule has 0 N–H and O–H groups in total. The van der Waals surface area contributed by atoms with Gasteiger partial charge >= 0.3 is 0 Å². The zero-order valence-electron chi connectivity index (χ0n) is 12.3. The van der Waals surface area contributed by atoms with Crippen LogP contribution in [0.2, 0.25) is 0 Å². The molecule has 0 aliphatic carbocycles. The second-order valence-electron chi connectivity index (χ2n) is 5.40. The van der Waals surface area contributed by atoms with Gasteiger partial charge in [-0.3, -0.25) is 4.90 Å². The maximum Gasteiger partial charge on any atom is 0.102 e. The highest BCUT2D eigenvalue weighted by Crippen LogP contribution is 2.21. The van der Waals surface area contributed by atoms with Gasteiger partial charge in [0.1, 0.15) is 6.07 Å². The van der Waals surface area contributed by atoms with Crippen LogP contribution in [0, 0.1) is 11.3 Å². The minimum Gasteiger partial charge on any atom is -0.322 e. The van der Waals surface area contributed by atoms with Crippen LogP contribution in [0.4, 0.5) is 0 Å². The molecule has 0 aliphatic rings. The molecule has 3 nitrogen and oxygen atoms in total. The summed E-state index contributed by atoms with van der Waals surface area (Å²) in [5.41, 5.74) is 4.03. The van der Waals surface area contributed by atoms with Crippen molar-refractivity contribution in [1.82, 2.24) is 9.30 Å². The maximum absolute atomic E-state index is 9.46. The van der Waals surface area contributed by atoms with E-state index in [1.165, 1.54) is 5.56 Å². The monoisotopic (exact) mass is 353 g/mol. The molecule has 0 saturated carbocycles. The molecule has 4 heteroatoms. The van der Waals surface area contributed by atoms with Gasteiger partial charge in [0.2, 0.25) is 0 Å². The topological polar surface area (TPSA) is 31.4 Å². The lowest BCUT2D eigenvalue weighted by atomic mass is 10.1. The molecular formula is C18H16BrN3. The summed E-state index contributed by atoms with van der Waals surface area (Å²) in [6.45, 7) is 1.57. The third-order valence-corrected chi connectivity index (χ3v) is 4.49. The zero-order chi connectivity index (χ0) is 15.5. The summed E-state index contributed by atoms with van der Waals surface area (Å²) in [6, 6.07) is 16.5. The Morgan fingerprint density at radius 1 is 1.09 bits per heavy atom. The molecule has 3 aromatic rings. The lowest BCUT2D eigenvalue weighted by Crippen LogP contribution is -2.17. The average molecular weight is 354 g/mol. The molecule has 110 valence electrons. The van der Waals surface area contributed by atoms with Crippen molar-refractivity contribution in [2.75, 3.05) is 7.05 Å². The van der Waals surface area contributed by atoms with E-state index in [0.29, 0.717) is 0 Å². The highest BCUT2D eigenvalue weighted by molar-refractivity contribution is 9.10. The first-order chi connectivity index (χ1) is 10.7. The number of rotatable bonds is 4. The number of nitrogens with zero attached hydrogens (tertiary/aromatic N) is 3. The molecule has 0 bridgehead atoms. The normalized spacial score (nSPS) is 11.0. The molecular weight excluding hydrogens is 338 g/mol. The van der Waals surface area contributed by atoms with Gasteiger partial charge < -0.3 is 4.40 Å². The van der Waals surface area contributed by atoms with Crippen molar-refractivity contribution in [1.29, 1.82) is 5.26 Å². The van der Waals surface area contributed by atoms with E-state index in [2.05, 4.69) is 46.1 Å². The van der Waals surface area contributed by atoms with E-state index >= 15 is 0 Å². The number of nitriles is 1. The second kappa shape index (κ2) is 6.35. The highest BCUT2D eigenvalue weighted by Gasteiger charge is 2.12. The molecule has 0 amide bonds. The van der Waals surface area contributed by atoms with E-state index in [1.54, 1.807) is 0 Å². The predicted octanol–water partition coefficient (Wildman–Crippen LogP) is 4.21. The number of halogens is 1. The van der Waals surface area contributed by atoms with E-state index in [-0.39, 0.29) is 0 Å². The summed E-state index contributed by atoms with van der Waals surface area (Å²) in [5.74, 6) is 0. The standard InChI is InChI=1S/C18H16BrN3/c1-21(11-14-6-2-3-7-17(14)19)12-15-13-22-9-5-4-8-18(22)16(15)10-20/h2-9,13H,11-12H2,1H3. The van der Waals surface area contributed by atoms with Gasteiger partial charge in [-0.25, -0.2) is 0 Å². The minimum absolute atomic E-state index is 0.742. The average Bonchev–Trinajstić information content (AvgIpc) is 2.86. The summed E-state index contributed by atoms with van der Waals surface area (Å²) in [7, 11) is 2.07. The molecule has 0 unspecified atom stereocenters. The molecule has 2 aromatic heterocycles. The smallest absolute Gasteiger partial charge is 0.102 e.